The van der Waals surface area contributed by atoms with Gasteiger partial charge in [0.25, 0.3) is 5.91 Å². The van der Waals surface area contributed by atoms with E-state index >= 15 is 0 Å². The molecule has 2 aromatic rings. The first-order valence-corrected chi connectivity index (χ1v) is 9.56. The summed E-state index contributed by atoms with van der Waals surface area (Å²) in [5, 5.41) is 0.415. The minimum atomic E-state index is -0.0362. The molecule has 6 heteroatoms. The number of halogens is 1. The van der Waals surface area contributed by atoms with Crippen molar-refractivity contribution in [2.45, 2.75) is 31.8 Å². The summed E-state index contributed by atoms with van der Waals surface area (Å²) in [5.41, 5.74) is 1.60. The Hall–Kier alpha value is -2.40. The van der Waals surface area contributed by atoms with Gasteiger partial charge in [-0.3, -0.25) is 4.79 Å². The zero-order valence-corrected chi connectivity index (χ0v) is 16.0. The van der Waals surface area contributed by atoms with E-state index in [1.54, 1.807) is 19.2 Å². The van der Waals surface area contributed by atoms with Crippen LogP contribution in [-0.4, -0.2) is 37.2 Å². The molecule has 0 unspecified atom stereocenters. The number of methoxy groups -OCH3 is 1. The molecule has 1 aliphatic heterocycles. The molecule has 142 valence electrons. The maximum absolute atomic E-state index is 13.2. The topological polar surface area (TPSA) is 48.0 Å². The van der Waals surface area contributed by atoms with E-state index in [-0.39, 0.29) is 11.9 Å². The van der Waals surface area contributed by atoms with Crippen molar-refractivity contribution in [3.63, 3.8) is 0 Å². The average molecular weight is 388 g/mol. The number of carbonyl (C=O) groups excluding carboxylic acids is 1. The van der Waals surface area contributed by atoms with Crippen LogP contribution in [0.5, 0.6) is 17.2 Å². The normalized spacial score (nSPS) is 15.8. The lowest BCUT2D eigenvalue weighted by molar-refractivity contribution is 0.0729. The second kappa shape index (κ2) is 7.69. The van der Waals surface area contributed by atoms with Gasteiger partial charge >= 0.3 is 0 Å². The number of hydrogen-bond acceptors (Lipinski definition) is 4. The molecule has 0 saturated heterocycles. The summed E-state index contributed by atoms with van der Waals surface area (Å²) in [5.74, 6) is 1.84. The molecule has 4 rings (SSSR count). The predicted octanol–water partition coefficient (Wildman–Crippen LogP) is 4.31. The molecule has 0 N–H and O–H groups in total. The first-order valence-electron chi connectivity index (χ1n) is 9.19. The Morgan fingerprint density at radius 3 is 2.63 bits per heavy atom. The Kier molecular flexibility index (Phi) is 5.12. The molecule has 2 aliphatic rings. The van der Waals surface area contributed by atoms with Gasteiger partial charge in [-0.15, -0.1) is 0 Å². The lowest BCUT2D eigenvalue weighted by Gasteiger charge is -2.23. The highest BCUT2D eigenvalue weighted by Gasteiger charge is 2.34. The highest BCUT2D eigenvalue weighted by atomic mass is 35.5. The quantitative estimate of drug-likeness (QED) is 0.766. The third kappa shape index (κ3) is 3.98. The van der Waals surface area contributed by atoms with Crippen molar-refractivity contribution in [1.29, 1.82) is 0 Å². The van der Waals surface area contributed by atoms with Gasteiger partial charge < -0.3 is 19.1 Å². The van der Waals surface area contributed by atoms with E-state index < -0.39 is 0 Å². The van der Waals surface area contributed by atoms with Crippen molar-refractivity contribution in [3.05, 3.63) is 52.5 Å². The van der Waals surface area contributed by atoms with Crippen molar-refractivity contribution >= 4 is 17.5 Å². The first-order chi connectivity index (χ1) is 13.2. The van der Waals surface area contributed by atoms with Crippen LogP contribution in [0, 0.1) is 0 Å². The van der Waals surface area contributed by atoms with E-state index in [0.29, 0.717) is 41.8 Å². The smallest absolute Gasteiger partial charge is 0.254 e. The van der Waals surface area contributed by atoms with Crippen LogP contribution in [-0.2, 0) is 6.54 Å². The third-order valence-corrected chi connectivity index (χ3v) is 5.09. The van der Waals surface area contributed by atoms with Gasteiger partial charge in [0.2, 0.25) is 0 Å². The molecular formula is C21H22ClNO4. The number of nitrogens with zero attached hydrogens (tertiary/aromatic N) is 1. The van der Waals surface area contributed by atoms with E-state index in [1.807, 2.05) is 29.2 Å². The molecule has 1 saturated carbocycles. The van der Waals surface area contributed by atoms with E-state index in [4.69, 9.17) is 25.8 Å². The van der Waals surface area contributed by atoms with Crippen molar-refractivity contribution in [1.82, 2.24) is 4.90 Å². The van der Waals surface area contributed by atoms with Gasteiger partial charge in [0.05, 0.1) is 25.3 Å². The van der Waals surface area contributed by atoms with Crippen LogP contribution in [0.4, 0.5) is 0 Å². The maximum atomic E-state index is 13.2. The Morgan fingerprint density at radius 1 is 1.19 bits per heavy atom. The molecule has 1 amide bonds. The Labute approximate surface area is 163 Å². The highest BCUT2D eigenvalue weighted by Crippen LogP contribution is 2.39. The molecular weight excluding hydrogens is 366 g/mol. The minimum Gasteiger partial charge on any atom is -0.497 e. The zero-order valence-electron chi connectivity index (χ0n) is 15.2. The summed E-state index contributed by atoms with van der Waals surface area (Å²) in [7, 11) is 1.64. The Balaban J connectivity index is 1.58. The van der Waals surface area contributed by atoms with Crippen LogP contribution in [0.2, 0.25) is 5.02 Å². The number of amides is 1. The van der Waals surface area contributed by atoms with Gasteiger partial charge in [0.15, 0.2) is 11.5 Å². The standard InChI is InChI=1S/C21H22ClNO4/c1-25-17-7-3-14(4-8-17)13-23(16-5-6-16)21(24)15-11-18(22)20-19(12-15)26-9-2-10-27-20/h3-4,7-8,11-12,16H,2,5-6,9-10,13H2,1H3. The fourth-order valence-electron chi connectivity index (χ4n) is 3.20. The summed E-state index contributed by atoms with van der Waals surface area (Å²) in [6.45, 7) is 1.67. The van der Waals surface area contributed by atoms with E-state index in [0.717, 1.165) is 30.6 Å². The maximum Gasteiger partial charge on any atom is 0.254 e. The van der Waals surface area contributed by atoms with Gasteiger partial charge in [-0.25, -0.2) is 0 Å². The summed E-state index contributed by atoms with van der Waals surface area (Å²) >= 11 is 6.37. The fourth-order valence-corrected chi connectivity index (χ4v) is 3.47. The summed E-state index contributed by atoms with van der Waals surface area (Å²) in [6, 6.07) is 11.5. The Bertz CT molecular complexity index is 833. The van der Waals surface area contributed by atoms with Crippen molar-refractivity contribution in [3.8, 4) is 17.2 Å². The highest BCUT2D eigenvalue weighted by molar-refractivity contribution is 6.32. The van der Waals surface area contributed by atoms with Gasteiger partial charge in [0, 0.05) is 24.6 Å². The Morgan fingerprint density at radius 2 is 1.93 bits per heavy atom. The van der Waals surface area contributed by atoms with E-state index in [9.17, 15) is 4.79 Å². The lowest BCUT2D eigenvalue weighted by Crippen LogP contribution is -2.32. The minimum absolute atomic E-state index is 0.0362. The molecule has 0 bridgehead atoms. The summed E-state index contributed by atoms with van der Waals surface area (Å²) < 4.78 is 16.6. The molecule has 0 spiro atoms. The SMILES string of the molecule is COc1ccc(CN(C(=O)c2cc(Cl)c3c(c2)OCCCO3)C2CC2)cc1. The van der Waals surface area contributed by atoms with E-state index in [2.05, 4.69) is 0 Å². The lowest BCUT2D eigenvalue weighted by atomic mass is 10.1. The third-order valence-electron chi connectivity index (χ3n) is 4.81. The zero-order chi connectivity index (χ0) is 18.8. The second-order valence-electron chi connectivity index (χ2n) is 6.85. The number of benzene rings is 2. The number of hydrogen-bond donors (Lipinski definition) is 0. The number of fused-ring (bicyclic) bond motifs is 1. The number of rotatable bonds is 5. The molecule has 0 aromatic heterocycles. The van der Waals surface area contributed by atoms with Crippen molar-refractivity contribution in [2.24, 2.45) is 0 Å². The molecule has 1 aliphatic carbocycles. The van der Waals surface area contributed by atoms with Crippen molar-refractivity contribution in [2.75, 3.05) is 20.3 Å². The number of ether oxygens (including phenoxy) is 3. The molecule has 2 aromatic carbocycles. The monoisotopic (exact) mass is 387 g/mol. The van der Waals surface area contributed by atoms with Crippen LogP contribution in [0.25, 0.3) is 0 Å². The molecule has 1 fully saturated rings. The van der Waals surface area contributed by atoms with E-state index in [1.165, 1.54) is 0 Å². The summed E-state index contributed by atoms with van der Waals surface area (Å²) in [6.07, 6.45) is 2.85. The van der Waals surface area contributed by atoms with Gasteiger partial charge in [0.1, 0.15) is 5.75 Å². The van der Waals surface area contributed by atoms with Crippen LogP contribution in [0.3, 0.4) is 0 Å². The predicted molar refractivity (Wildman–Crippen MR) is 103 cm³/mol. The first kappa shape index (κ1) is 18.0. The van der Waals surface area contributed by atoms with Gasteiger partial charge in [-0.1, -0.05) is 23.7 Å². The molecule has 27 heavy (non-hydrogen) atoms. The van der Waals surface area contributed by atoms with Gasteiger partial charge in [-0.05, 0) is 42.7 Å². The van der Waals surface area contributed by atoms with Gasteiger partial charge in [-0.2, -0.15) is 0 Å². The largest absolute Gasteiger partial charge is 0.497 e. The fraction of sp³-hybridized carbons (Fsp3) is 0.381. The van der Waals surface area contributed by atoms with Crippen LogP contribution >= 0.6 is 11.6 Å². The summed E-state index contributed by atoms with van der Waals surface area (Å²) in [4.78, 5) is 15.1. The molecule has 1 heterocycles. The molecule has 5 nitrogen and oxygen atoms in total. The second-order valence-corrected chi connectivity index (χ2v) is 7.26. The average Bonchev–Trinajstić information content (AvgIpc) is 3.53. The van der Waals surface area contributed by atoms with Crippen LogP contribution < -0.4 is 14.2 Å². The van der Waals surface area contributed by atoms with Crippen LogP contribution in [0.1, 0.15) is 35.2 Å². The molecule has 0 atom stereocenters. The number of carbonyl (C=O) groups is 1. The van der Waals surface area contributed by atoms with Crippen molar-refractivity contribution < 1.29 is 19.0 Å². The van der Waals surface area contributed by atoms with Crippen LogP contribution in [0.15, 0.2) is 36.4 Å². The molecule has 0 radical (unpaired) electrons.